The van der Waals surface area contributed by atoms with Crippen LogP contribution in [0.25, 0.3) is 0 Å². The first kappa shape index (κ1) is 30.1. The van der Waals surface area contributed by atoms with Gasteiger partial charge >= 0.3 is 12.2 Å². The second-order valence-corrected chi connectivity index (χ2v) is 9.90. The molecule has 0 radical (unpaired) electrons. The van der Waals surface area contributed by atoms with E-state index < -0.39 is 17.8 Å². The number of alkyl halides is 3. The lowest BCUT2D eigenvalue weighted by Crippen LogP contribution is -2.49. The lowest BCUT2D eigenvalue weighted by atomic mass is 10.1. The number of nitrogens with zero attached hydrogens (tertiary/aromatic N) is 4. The van der Waals surface area contributed by atoms with Gasteiger partial charge < -0.3 is 20.7 Å². The largest absolute Gasteiger partial charge is 0.439 e. The molecule has 4 rings (SSSR count). The Morgan fingerprint density at radius 1 is 0.951 bits per heavy atom. The average molecular weight is 572 g/mol. The van der Waals surface area contributed by atoms with Crippen LogP contribution in [0, 0.1) is 0 Å². The van der Waals surface area contributed by atoms with E-state index >= 15 is 0 Å². The highest BCUT2D eigenvalue weighted by molar-refractivity contribution is 5.99. The summed E-state index contributed by atoms with van der Waals surface area (Å²) >= 11 is 0. The molecule has 0 aliphatic carbocycles. The van der Waals surface area contributed by atoms with Crippen molar-refractivity contribution in [2.24, 2.45) is 0 Å². The molecule has 1 aliphatic heterocycles. The summed E-state index contributed by atoms with van der Waals surface area (Å²) in [6, 6.07) is 11.7. The zero-order valence-electron chi connectivity index (χ0n) is 23.5. The molecule has 1 saturated heterocycles. The minimum Gasteiger partial charge on any atom is -0.439 e. The van der Waals surface area contributed by atoms with Crippen molar-refractivity contribution in [2.75, 3.05) is 49.2 Å². The highest BCUT2D eigenvalue weighted by atomic mass is 19.4. The maximum Gasteiger partial charge on any atom is 0.416 e. The molecule has 3 N–H and O–H groups in total. The van der Waals surface area contributed by atoms with Crippen LogP contribution in [0.5, 0.6) is 11.6 Å². The van der Waals surface area contributed by atoms with Gasteiger partial charge in [-0.2, -0.15) is 13.2 Å². The third kappa shape index (κ3) is 8.54. The zero-order chi connectivity index (χ0) is 29.4. The molecular weight excluding hydrogens is 535 g/mol. The van der Waals surface area contributed by atoms with Gasteiger partial charge in [0.2, 0.25) is 5.88 Å². The Hall–Kier alpha value is -3.90. The van der Waals surface area contributed by atoms with E-state index in [1.165, 1.54) is 6.33 Å². The molecule has 1 aliphatic rings. The summed E-state index contributed by atoms with van der Waals surface area (Å²) in [5, 5.41) is 8.10. The number of rotatable bonds is 10. The van der Waals surface area contributed by atoms with E-state index in [0.29, 0.717) is 41.3 Å². The van der Waals surface area contributed by atoms with Crippen molar-refractivity contribution in [3.63, 3.8) is 0 Å². The molecule has 2 amide bonds. The van der Waals surface area contributed by atoms with Crippen LogP contribution < -0.4 is 20.7 Å². The predicted molar refractivity (Wildman–Crippen MR) is 153 cm³/mol. The van der Waals surface area contributed by atoms with Gasteiger partial charge in [0, 0.05) is 63.3 Å². The number of amides is 2. The third-order valence-electron chi connectivity index (χ3n) is 7.08. The topological polar surface area (TPSA) is 94.7 Å². The summed E-state index contributed by atoms with van der Waals surface area (Å²) in [6.07, 6.45) is -1.000. The molecule has 9 nitrogen and oxygen atoms in total. The Morgan fingerprint density at radius 2 is 1.63 bits per heavy atom. The molecule has 0 unspecified atom stereocenters. The van der Waals surface area contributed by atoms with Crippen molar-refractivity contribution in [3.05, 3.63) is 66.0 Å². The highest BCUT2D eigenvalue weighted by Gasteiger charge is 2.32. The van der Waals surface area contributed by atoms with Gasteiger partial charge in [-0.25, -0.2) is 14.8 Å². The summed E-state index contributed by atoms with van der Waals surface area (Å²) in [6.45, 7) is 8.07. The first-order chi connectivity index (χ1) is 19.7. The van der Waals surface area contributed by atoms with Crippen molar-refractivity contribution in [1.29, 1.82) is 0 Å². The smallest absolute Gasteiger partial charge is 0.416 e. The number of carbonyl (C=O) groups excluding carboxylic acids is 1. The fourth-order valence-electron chi connectivity index (χ4n) is 4.92. The quantitative estimate of drug-likeness (QED) is 0.264. The minimum atomic E-state index is -4.54. The Labute approximate surface area is 238 Å². The van der Waals surface area contributed by atoms with Crippen LogP contribution in [-0.4, -0.2) is 65.1 Å². The van der Waals surface area contributed by atoms with Crippen LogP contribution in [0.2, 0.25) is 0 Å². The summed E-state index contributed by atoms with van der Waals surface area (Å²) in [5.74, 6) is 1.43. The number of carbonyl (C=O) groups is 1. The van der Waals surface area contributed by atoms with Gasteiger partial charge in [-0.15, -0.1) is 0 Å². The van der Waals surface area contributed by atoms with E-state index in [1.54, 1.807) is 43.4 Å². The highest BCUT2D eigenvalue weighted by Crippen LogP contribution is 2.33. The van der Waals surface area contributed by atoms with Crippen molar-refractivity contribution >= 4 is 23.2 Å². The molecular formula is C29H36F3N7O2. The Bertz CT molecular complexity index is 1290. The maximum atomic E-state index is 13.7. The van der Waals surface area contributed by atoms with Gasteiger partial charge in [-0.3, -0.25) is 9.80 Å². The number of benzene rings is 2. The molecule has 0 spiro atoms. The number of anilines is 3. The maximum absolute atomic E-state index is 13.7. The number of piperazine rings is 1. The average Bonchev–Trinajstić information content (AvgIpc) is 2.95. The molecule has 2 aromatic carbocycles. The molecule has 0 saturated carbocycles. The number of halogens is 3. The van der Waals surface area contributed by atoms with Crippen LogP contribution in [-0.2, 0) is 12.7 Å². The molecule has 41 heavy (non-hydrogen) atoms. The van der Waals surface area contributed by atoms with Crippen molar-refractivity contribution in [3.8, 4) is 11.6 Å². The summed E-state index contributed by atoms with van der Waals surface area (Å²) < 4.78 is 46.8. The third-order valence-corrected chi connectivity index (χ3v) is 7.08. The number of hydrogen-bond donors (Lipinski definition) is 3. The van der Waals surface area contributed by atoms with E-state index in [-0.39, 0.29) is 5.69 Å². The monoisotopic (exact) mass is 571 g/mol. The fourth-order valence-corrected chi connectivity index (χ4v) is 4.92. The Kier molecular flexibility index (Phi) is 10.0. The molecule has 1 aromatic heterocycles. The standard InChI is InChI=1S/C29H36F3N7O2/c1-4-24(5-2)39-12-10-38(11-13-39)18-20-14-21(29(30,31)32)16-23(15-20)37-28(40)36-22-6-8-25(9-7-22)41-27-17-26(33-3)34-19-35-27/h6-9,14-17,19,24H,4-5,10-13,18H2,1-3H3,(H,33,34,35)(H2,36,37,40). The Balaban J connectivity index is 1.38. The first-order valence-corrected chi connectivity index (χ1v) is 13.7. The van der Waals surface area contributed by atoms with E-state index in [4.69, 9.17) is 4.74 Å². The molecule has 0 atom stereocenters. The van der Waals surface area contributed by atoms with Gasteiger partial charge in [-0.1, -0.05) is 13.8 Å². The summed E-state index contributed by atoms with van der Waals surface area (Å²) in [4.78, 5) is 25.4. The second kappa shape index (κ2) is 13.6. The molecule has 220 valence electrons. The summed E-state index contributed by atoms with van der Waals surface area (Å²) in [7, 11) is 1.73. The second-order valence-electron chi connectivity index (χ2n) is 9.90. The molecule has 3 aromatic rings. The van der Waals surface area contributed by atoms with Crippen LogP contribution in [0.3, 0.4) is 0 Å². The zero-order valence-corrected chi connectivity index (χ0v) is 23.5. The van der Waals surface area contributed by atoms with Gasteiger partial charge in [0.25, 0.3) is 0 Å². The van der Waals surface area contributed by atoms with E-state index in [1.807, 2.05) is 0 Å². The van der Waals surface area contributed by atoms with Gasteiger partial charge in [0.05, 0.1) is 5.56 Å². The van der Waals surface area contributed by atoms with E-state index in [0.717, 1.165) is 51.2 Å². The molecule has 2 heterocycles. The van der Waals surface area contributed by atoms with Crippen LogP contribution in [0.1, 0.15) is 37.8 Å². The van der Waals surface area contributed by atoms with E-state index in [2.05, 4.69) is 49.6 Å². The van der Waals surface area contributed by atoms with Crippen molar-refractivity contribution in [1.82, 2.24) is 19.8 Å². The van der Waals surface area contributed by atoms with Gasteiger partial charge in [-0.05, 0) is 60.9 Å². The number of urea groups is 1. The number of nitrogens with one attached hydrogen (secondary N) is 3. The van der Waals surface area contributed by atoms with Crippen molar-refractivity contribution in [2.45, 2.75) is 45.5 Å². The van der Waals surface area contributed by atoms with Crippen LogP contribution >= 0.6 is 0 Å². The van der Waals surface area contributed by atoms with Crippen molar-refractivity contribution < 1.29 is 22.7 Å². The normalized spacial score (nSPS) is 14.6. The minimum absolute atomic E-state index is 0.0760. The lowest BCUT2D eigenvalue weighted by Gasteiger charge is -2.39. The SMILES string of the molecule is CCC(CC)N1CCN(Cc2cc(NC(=O)Nc3ccc(Oc4cc(NC)ncn4)cc3)cc(C(F)(F)F)c2)CC1. The molecule has 0 bridgehead atoms. The van der Waals surface area contributed by atoms with Gasteiger partial charge in [0.15, 0.2) is 0 Å². The van der Waals surface area contributed by atoms with Crippen LogP contribution in [0.4, 0.5) is 35.2 Å². The van der Waals surface area contributed by atoms with Gasteiger partial charge in [0.1, 0.15) is 17.9 Å². The molecule has 1 fully saturated rings. The number of ether oxygens (including phenoxy) is 1. The Morgan fingerprint density at radius 3 is 2.27 bits per heavy atom. The first-order valence-electron chi connectivity index (χ1n) is 13.7. The van der Waals surface area contributed by atoms with Crippen LogP contribution in [0.15, 0.2) is 54.9 Å². The predicted octanol–water partition coefficient (Wildman–Crippen LogP) is 6.28. The lowest BCUT2D eigenvalue weighted by molar-refractivity contribution is -0.137. The number of aromatic nitrogens is 2. The number of hydrogen-bond acceptors (Lipinski definition) is 7. The summed E-state index contributed by atoms with van der Waals surface area (Å²) in [5.41, 5.74) is 0.218. The molecule has 12 heteroatoms. The fraction of sp³-hybridized carbons (Fsp3) is 0.414. The van der Waals surface area contributed by atoms with E-state index in [9.17, 15) is 18.0 Å².